The van der Waals surface area contributed by atoms with Crippen LogP contribution in [0.2, 0.25) is 0 Å². The zero-order valence-electron chi connectivity index (χ0n) is 15.5. The van der Waals surface area contributed by atoms with E-state index in [9.17, 15) is 9.59 Å². The minimum atomic E-state index is -0.477. The topological polar surface area (TPSA) is 77.0 Å². The average Bonchev–Trinajstić information content (AvgIpc) is 2.75. The molecule has 0 aliphatic heterocycles. The van der Waals surface area contributed by atoms with E-state index in [0.29, 0.717) is 28.2 Å². The van der Waals surface area contributed by atoms with Crippen LogP contribution in [0.25, 0.3) is 0 Å². The standard InChI is InChI=1S/C22H17IN2O4/c1-28-20-13-15(14-24-25-21(26)17-9-5-6-10-18(17)23)11-12-19(20)29-22(27)16-7-3-2-4-8-16/h2-14H,1H3,(H,25,26)/b24-14-. The van der Waals surface area contributed by atoms with E-state index in [4.69, 9.17) is 9.47 Å². The number of halogens is 1. The Morgan fingerprint density at radius 1 is 0.966 bits per heavy atom. The van der Waals surface area contributed by atoms with Gasteiger partial charge in [0.25, 0.3) is 5.91 Å². The van der Waals surface area contributed by atoms with Gasteiger partial charge in [0.05, 0.1) is 24.5 Å². The van der Waals surface area contributed by atoms with Crippen LogP contribution in [0, 0.1) is 3.57 Å². The van der Waals surface area contributed by atoms with Crippen molar-refractivity contribution < 1.29 is 19.1 Å². The number of nitrogens with zero attached hydrogens (tertiary/aromatic N) is 1. The van der Waals surface area contributed by atoms with Crippen LogP contribution in [0.4, 0.5) is 0 Å². The molecular formula is C22H17IN2O4. The predicted octanol–water partition coefficient (Wildman–Crippen LogP) is 4.28. The molecule has 6 nitrogen and oxygen atoms in total. The number of hydrazone groups is 1. The molecule has 0 atom stereocenters. The van der Waals surface area contributed by atoms with Crippen molar-refractivity contribution in [1.29, 1.82) is 0 Å². The molecule has 7 heteroatoms. The lowest BCUT2D eigenvalue weighted by Gasteiger charge is -2.10. The van der Waals surface area contributed by atoms with Crippen molar-refractivity contribution in [2.24, 2.45) is 5.10 Å². The quantitative estimate of drug-likeness (QED) is 0.180. The first-order valence-corrected chi connectivity index (χ1v) is 9.69. The molecular weight excluding hydrogens is 483 g/mol. The van der Waals surface area contributed by atoms with Crippen molar-refractivity contribution >= 4 is 40.7 Å². The molecule has 1 N–H and O–H groups in total. The third-order valence-electron chi connectivity index (χ3n) is 3.90. The third-order valence-corrected chi connectivity index (χ3v) is 4.84. The van der Waals surface area contributed by atoms with E-state index in [1.54, 1.807) is 54.6 Å². The normalized spacial score (nSPS) is 10.6. The summed E-state index contributed by atoms with van der Waals surface area (Å²) in [6.07, 6.45) is 1.49. The fourth-order valence-corrected chi connectivity index (χ4v) is 3.09. The minimum Gasteiger partial charge on any atom is -0.493 e. The van der Waals surface area contributed by atoms with E-state index in [1.165, 1.54) is 13.3 Å². The van der Waals surface area contributed by atoms with Crippen LogP contribution in [-0.4, -0.2) is 25.2 Å². The molecule has 0 aromatic heterocycles. The summed E-state index contributed by atoms with van der Waals surface area (Å²) in [5, 5.41) is 3.98. The highest BCUT2D eigenvalue weighted by Gasteiger charge is 2.12. The summed E-state index contributed by atoms with van der Waals surface area (Å²) in [7, 11) is 1.48. The highest BCUT2D eigenvalue weighted by Crippen LogP contribution is 2.28. The maximum absolute atomic E-state index is 12.2. The first-order valence-electron chi connectivity index (χ1n) is 8.61. The van der Waals surface area contributed by atoms with Crippen molar-refractivity contribution in [1.82, 2.24) is 5.43 Å². The lowest BCUT2D eigenvalue weighted by Crippen LogP contribution is -2.18. The van der Waals surface area contributed by atoms with Crippen LogP contribution in [0.15, 0.2) is 77.9 Å². The number of hydrogen-bond acceptors (Lipinski definition) is 5. The highest BCUT2D eigenvalue weighted by molar-refractivity contribution is 14.1. The molecule has 1 amide bonds. The second-order valence-electron chi connectivity index (χ2n) is 5.84. The molecule has 146 valence electrons. The number of rotatable bonds is 6. The van der Waals surface area contributed by atoms with Crippen molar-refractivity contribution in [3.05, 3.63) is 93.1 Å². The number of nitrogens with one attached hydrogen (secondary N) is 1. The molecule has 3 aromatic carbocycles. The highest BCUT2D eigenvalue weighted by atomic mass is 127. The molecule has 0 heterocycles. The van der Waals surface area contributed by atoms with Gasteiger partial charge in [-0.05, 0) is 70.6 Å². The fraction of sp³-hybridized carbons (Fsp3) is 0.0455. The number of esters is 1. The molecule has 0 fully saturated rings. The number of ether oxygens (including phenoxy) is 2. The van der Waals surface area contributed by atoms with E-state index < -0.39 is 5.97 Å². The fourth-order valence-electron chi connectivity index (χ4n) is 2.45. The predicted molar refractivity (Wildman–Crippen MR) is 119 cm³/mol. The number of hydrogen-bond donors (Lipinski definition) is 1. The third kappa shape index (κ3) is 5.41. The van der Waals surface area contributed by atoms with Gasteiger partial charge in [-0.3, -0.25) is 4.79 Å². The largest absolute Gasteiger partial charge is 0.493 e. The zero-order chi connectivity index (χ0) is 20.6. The van der Waals surface area contributed by atoms with Gasteiger partial charge in [-0.25, -0.2) is 10.2 Å². The first-order chi connectivity index (χ1) is 14.1. The number of amides is 1. The molecule has 0 radical (unpaired) electrons. The van der Waals surface area contributed by atoms with Crippen molar-refractivity contribution in [2.45, 2.75) is 0 Å². The number of methoxy groups -OCH3 is 1. The maximum Gasteiger partial charge on any atom is 0.343 e. The molecule has 3 rings (SSSR count). The van der Waals surface area contributed by atoms with Gasteiger partial charge in [0.2, 0.25) is 0 Å². The summed E-state index contributed by atoms with van der Waals surface area (Å²) in [5.41, 5.74) is 4.15. The summed E-state index contributed by atoms with van der Waals surface area (Å²) >= 11 is 2.09. The van der Waals surface area contributed by atoms with E-state index in [-0.39, 0.29) is 5.91 Å². The summed E-state index contributed by atoms with van der Waals surface area (Å²) in [6, 6.07) is 20.9. The van der Waals surface area contributed by atoms with Crippen LogP contribution in [0.5, 0.6) is 11.5 Å². The van der Waals surface area contributed by atoms with Gasteiger partial charge in [-0.1, -0.05) is 30.3 Å². The Bertz CT molecular complexity index is 1050. The van der Waals surface area contributed by atoms with E-state index in [0.717, 1.165) is 3.57 Å². The first kappa shape index (κ1) is 20.5. The number of carbonyl (C=O) groups is 2. The second-order valence-corrected chi connectivity index (χ2v) is 7.01. The van der Waals surface area contributed by atoms with Crippen LogP contribution >= 0.6 is 22.6 Å². The molecule has 0 aliphatic rings. The Balaban J connectivity index is 1.68. The lowest BCUT2D eigenvalue weighted by atomic mass is 10.2. The Morgan fingerprint density at radius 3 is 2.41 bits per heavy atom. The zero-order valence-corrected chi connectivity index (χ0v) is 17.6. The second kappa shape index (κ2) is 9.83. The summed E-state index contributed by atoms with van der Waals surface area (Å²) in [4.78, 5) is 24.4. The Morgan fingerprint density at radius 2 is 1.69 bits per heavy atom. The Labute approximate surface area is 181 Å². The van der Waals surface area contributed by atoms with Crippen LogP contribution in [0.3, 0.4) is 0 Å². The molecule has 0 unspecified atom stereocenters. The van der Waals surface area contributed by atoms with Gasteiger partial charge < -0.3 is 9.47 Å². The van der Waals surface area contributed by atoms with Crippen molar-refractivity contribution in [2.75, 3.05) is 7.11 Å². The summed E-state index contributed by atoms with van der Waals surface area (Å²) in [5.74, 6) is -0.106. The van der Waals surface area contributed by atoms with Gasteiger partial charge in [-0.15, -0.1) is 0 Å². The maximum atomic E-state index is 12.2. The van der Waals surface area contributed by atoms with Crippen LogP contribution in [-0.2, 0) is 0 Å². The van der Waals surface area contributed by atoms with Crippen molar-refractivity contribution in [3.63, 3.8) is 0 Å². The van der Waals surface area contributed by atoms with E-state index in [2.05, 4.69) is 33.1 Å². The number of benzene rings is 3. The van der Waals surface area contributed by atoms with Gasteiger partial charge in [0.1, 0.15) is 0 Å². The van der Waals surface area contributed by atoms with Crippen LogP contribution in [0.1, 0.15) is 26.3 Å². The molecule has 0 saturated carbocycles. The molecule has 29 heavy (non-hydrogen) atoms. The summed E-state index contributed by atoms with van der Waals surface area (Å²) in [6.45, 7) is 0. The average molecular weight is 500 g/mol. The Kier molecular flexibility index (Phi) is 6.96. The lowest BCUT2D eigenvalue weighted by molar-refractivity contribution is 0.0729. The molecule has 3 aromatic rings. The Hall–Kier alpha value is -3.20. The molecule has 0 bridgehead atoms. The van der Waals surface area contributed by atoms with E-state index in [1.807, 2.05) is 18.2 Å². The van der Waals surface area contributed by atoms with Gasteiger partial charge >= 0.3 is 5.97 Å². The number of carbonyl (C=O) groups excluding carboxylic acids is 2. The van der Waals surface area contributed by atoms with Crippen molar-refractivity contribution in [3.8, 4) is 11.5 Å². The van der Waals surface area contributed by atoms with Gasteiger partial charge in [0, 0.05) is 3.57 Å². The minimum absolute atomic E-state index is 0.293. The monoisotopic (exact) mass is 500 g/mol. The molecule has 0 saturated heterocycles. The molecule has 0 aliphatic carbocycles. The van der Waals surface area contributed by atoms with Crippen LogP contribution < -0.4 is 14.9 Å². The summed E-state index contributed by atoms with van der Waals surface area (Å²) < 4.78 is 11.6. The van der Waals surface area contributed by atoms with E-state index >= 15 is 0 Å². The van der Waals surface area contributed by atoms with Gasteiger partial charge in [-0.2, -0.15) is 5.10 Å². The van der Waals surface area contributed by atoms with Gasteiger partial charge in [0.15, 0.2) is 11.5 Å². The SMILES string of the molecule is COc1cc(/C=N\NC(=O)c2ccccc2I)ccc1OC(=O)c1ccccc1. The molecule has 0 spiro atoms. The smallest absolute Gasteiger partial charge is 0.343 e.